The summed E-state index contributed by atoms with van der Waals surface area (Å²) in [6, 6.07) is 0. The van der Waals surface area contributed by atoms with Gasteiger partial charge in [0.15, 0.2) is 0 Å². The summed E-state index contributed by atoms with van der Waals surface area (Å²) in [5.41, 5.74) is 4.06. The van der Waals surface area contributed by atoms with E-state index in [0.717, 1.165) is 19.4 Å². The van der Waals surface area contributed by atoms with Crippen LogP contribution >= 0.6 is 0 Å². The van der Waals surface area contributed by atoms with Gasteiger partial charge in [-0.1, -0.05) is 11.6 Å². The van der Waals surface area contributed by atoms with Crippen molar-refractivity contribution in [2.45, 2.75) is 26.7 Å². The molecular formula is C7H16N2. The molecule has 0 fully saturated rings. The molecule has 9 heavy (non-hydrogen) atoms. The standard InChI is InChI=1S/C7H16N2/c1-3-7(2)5-4-6-9-8/h3,9H,4-6,8H2,1-2H3/b7-3-. The zero-order chi connectivity index (χ0) is 7.11. The maximum atomic E-state index is 5.09. The molecule has 0 bridgehead atoms. The summed E-state index contributed by atoms with van der Waals surface area (Å²) < 4.78 is 0. The second-order valence-electron chi connectivity index (χ2n) is 2.19. The molecule has 2 heteroatoms. The zero-order valence-corrected chi connectivity index (χ0v) is 6.28. The Hall–Kier alpha value is -0.340. The van der Waals surface area contributed by atoms with Crippen LogP contribution in [0, 0.1) is 0 Å². The molecule has 54 valence electrons. The van der Waals surface area contributed by atoms with E-state index >= 15 is 0 Å². The number of nitrogens with one attached hydrogen (secondary N) is 1. The molecule has 0 heterocycles. The molecule has 0 rings (SSSR count). The van der Waals surface area contributed by atoms with Crippen molar-refractivity contribution >= 4 is 0 Å². The first kappa shape index (κ1) is 8.66. The van der Waals surface area contributed by atoms with Gasteiger partial charge in [0.2, 0.25) is 0 Å². The predicted molar refractivity (Wildman–Crippen MR) is 40.9 cm³/mol. The molecule has 0 saturated carbocycles. The summed E-state index contributed by atoms with van der Waals surface area (Å²) in [5, 5.41) is 0. The number of hydrazine groups is 1. The highest BCUT2D eigenvalue weighted by Gasteiger charge is 1.86. The van der Waals surface area contributed by atoms with E-state index in [2.05, 4.69) is 25.3 Å². The minimum atomic E-state index is 0.908. The van der Waals surface area contributed by atoms with E-state index in [1.165, 1.54) is 5.57 Å². The molecule has 0 aliphatic heterocycles. The summed E-state index contributed by atoms with van der Waals surface area (Å²) in [6.07, 6.45) is 4.42. The molecule has 3 N–H and O–H groups in total. The number of nitrogens with two attached hydrogens (primary N) is 1. The fraction of sp³-hybridized carbons (Fsp3) is 0.714. The molecule has 2 nitrogen and oxygen atoms in total. The summed E-state index contributed by atoms with van der Waals surface area (Å²) >= 11 is 0. The third-order valence-corrected chi connectivity index (χ3v) is 1.39. The lowest BCUT2D eigenvalue weighted by Gasteiger charge is -1.98. The van der Waals surface area contributed by atoms with Crippen LogP contribution in [0.15, 0.2) is 11.6 Å². The third-order valence-electron chi connectivity index (χ3n) is 1.39. The second-order valence-corrected chi connectivity index (χ2v) is 2.19. The van der Waals surface area contributed by atoms with E-state index in [4.69, 9.17) is 5.84 Å². The van der Waals surface area contributed by atoms with E-state index in [1.807, 2.05) is 0 Å². The van der Waals surface area contributed by atoms with Crippen LogP contribution in [0.25, 0.3) is 0 Å². The van der Waals surface area contributed by atoms with Crippen molar-refractivity contribution in [3.8, 4) is 0 Å². The summed E-state index contributed by atoms with van der Waals surface area (Å²) in [5.74, 6) is 5.09. The van der Waals surface area contributed by atoms with Crippen LogP contribution in [-0.4, -0.2) is 6.54 Å². The molecule has 0 radical (unpaired) electrons. The van der Waals surface area contributed by atoms with Gasteiger partial charge in [0.05, 0.1) is 0 Å². The van der Waals surface area contributed by atoms with Crippen LogP contribution < -0.4 is 11.3 Å². The summed E-state index contributed by atoms with van der Waals surface area (Å²) in [7, 11) is 0. The number of hydrogen-bond acceptors (Lipinski definition) is 2. The SMILES string of the molecule is C/C=C(/C)CCCNN. The maximum absolute atomic E-state index is 5.09. The molecule has 0 aromatic heterocycles. The molecule has 0 unspecified atom stereocenters. The Morgan fingerprint density at radius 1 is 1.67 bits per heavy atom. The Bertz CT molecular complexity index is 86.9. The van der Waals surface area contributed by atoms with Crippen LogP contribution in [0.3, 0.4) is 0 Å². The number of hydrogen-bond donors (Lipinski definition) is 2. The summed E-state index contributed by atoms with van der Waals surface area (Å²) in [4.78, 5) is 0. The van der Waals surface area contributed by atoms with Gasteiger partial charge in [0.25, 0.3) is 0 Å². The Balaban J connectivity index is 3.07. The molecule has 0 atom stereocenters. The lowest BCUT2D eigenvalue weighted by molar-refractivity contribution is 0.677. The Morgan fingerprint density at radius 3 is 2.78 bits per heavy atom. The van der Waals surface area contributed by atoms with Crippen molar-refractivity contribution < 1.29 is 0 Å². The molecule has 0 spiro atoms. The smallest absolute Gasteiger partial charge is 0.0100 e. The van der Waals surface area contributed by atoms with Crippen molar-refractivity contribution in [3.63, 3.8) is 0 Å². The fourth-order valence-corrected chi connectivity index (χ4v) is 0.614. The highest BCUT2D eigenvalue weighted by Crippen LogP contribution is 2.00. The Morgan fingerprint density at radius 2 is 2.33 bits per heavy atom. The van der Waals surface area contributed by atoms with Gasteiger partial charge in [0, 0.05) is 6.54 Å². The van der Waals surface area contributed by atoms with Gasteiger partial charge in [-0.05, 0) is 26.7 Å². The average molecular weight is 128 g/mol. The first-order chi connectivity index (χ1) is 4.31. The molecule has 0 aliphatic rings. The Labute approximate surface area is 57.1 Å². The van der Waals surface area contributed by atoms with Crippen molar-refractivity contribution in [2.24, 2.45) is 5.84 Å². The van der Waals surface area contributed by atoms with Gasteiger partial charge in [-0.3, -0.25) is 11.3 Å². The third kappa shape index (κ3) is 5.53. The van der Waals surface area contributed by atoms with E-state index < -0.39 is 0 Å². The van der Waals surface area contributed by atoms with E-state index in [1.54, 1.807) is 0 Å². The topological polar surface area (TPSA) is 38.0 Å². The van der Waals surface area contributed by atoms with Gasteiger partial charge in [0.1, 0.15) is 0 Å². The van der Waals surface area contributed by atoms with Gasteiger partial charge >= 0.3 is 0 Å². The number of rotatable bonds is 4. The van der Waals surface area contributed by atoms with Crippen LogP contribution in [0.5, 0.6) is 0 Å². The normalized spacial score (nSPS) is 12.1. The molecular weight excluding hydrogens is 112 g/mol. The molecule has 0 aliphatic carbocycles. The molecule has 0 saturated heterocycles. The first-order valence-electron chi connectivity index (χ1n) is 3.36. The van der Waals surface area contributed by atoms with Gasteiger partial charge < -0.3 is 0 Å². The highest BCUT2D eigenvalue weighted by atomic mass is 15.2. The zero-order valence-electron chi connectivity index (χ0n) is 6.28. The van der Waals surface area contributed by atoms with E-state index in [-0.39, 0.29) is 0 Å². The van der Waals surface area contributed by atoms with Crippen LogP contribution in [-0.2, 0) is 0 Å². The molecule has 0 aromatic rings. The van der Waals surface area contributed by atoms with Gasteiger partial charge in [-0.15, -0.1) is 0 Å². The predicted octanol–water partition coefficient (Wildman–Crippen LogP) is 1.20. The Kier molecular flexibility index (Phi) is 5.57. The van der Waals surface area contributed by atoms with Crippen LogP contribution in [0.1, 0.15) is 26.7 Å². The minimum Gasteiger partial charge on any atom is -0.271 e. The van der Waals surface area contributed by atoms with Crippen LogP contribution in [0.4, 0.5) is 0 Å². The minimum absolute atomic E-state index is 0.908. The monoisotopic (exact) mass is 128 g/mol. The van der Waals surface area contributed by atoms with Gasteiger partial charge in [-0.25, -0.2) is 0 Å². The number of allylic oxidation sites excluding steroid dienone is 2. The fourth-order valence-electron chi connectivity index (χ4n) is 0.614. The summed E-state index contributed by atoms with van der Waals surface area (Å²) in [6.45, 7) is 5.10. The van der Waals surface area contributed by atoms with Crippen molar-refractivity contribution in [3.05, 3.63) is 11.6 Å². The van der Waals surface area contributed by atoms with Gasteiger partial charge in [-0.2, -0.15) is 0 Å². The lowest BCUT2D eigenvalue weighted by Crippen LogP contribution is -2.22. The highest BCUT2D eigenvalue weighted by molar-refractivity contribution is 4.94. The van der Waals surface area contributed by atoms with Crippen molar-refractivity contribution in [1.29, 1.82) is 0 Å². The molecule has 0 aromatic carbocycles. The van der Waals surface area contributed by atoms with E-state index in [0.29, 0.717) is 0 Å². The first-order valence-corrected chi connectivity index (χ1v) is 3.36. The van der Waals surface area contributed by atoms with E-state index in [9.17, 15) is 0 Å². The maximum Gasteiger partial charge on any atom is 0.0100 e. The van der Waals surface area contributed by atoms with Crippen molar-refractivity contribution in [2.75, 3.05) is 6.54 Å². The molecule has 0 amide bonds. The van der Waals surface area contributed by atoms with Crippen molar-refractivity contribution in [1.82, 2.24) is 5.43 Å². The van der Waals surface area contributed by atoms with Crippen LogP contribution in [0.2, 0.25) is 0 Å². The largest absolute Gasteiger partial charge is 0.271 e. The quantitative estimate of drug-likeness (QED) is 0.258. The lowest BCUT2D eigenvalue weighted by atomic mass is 10.1. The second kappa shape index (κ2) is 5.79. The average Bonchev–Trinajstić information content (AvgIpc) is 1.89.